The van der Waals surface area contributed by atoms with Crippen LogP contribution in [0.5, 0.6) is 0 Å². The molecule has 3 saturated heterocycles. The number of carbonyl (C=O) groups is 1. The number of ether oxygens (including phenoxy) is 1. The van der Waals surface area contributed by atoms with Crippen molar-refractivity contribution < 1.29 is 9.53 Å². The lowest BCUT2D eigenvalue weighted by Gasteiger charge is -2.29. The van der Waals surface area contributed by atoms with Crippen molar-refractivity contribution in [3.05, 3.63) is 46.4 Å². The number of rotatable bonds is 4. The van der Waals surface area contributed by atoms with E-state index in [0.29, 0.717) is 24.5 Å². The quantitative estimate of drug-likeness (QED) is 0.900. The zero-order valence-electron chi connectivity index (χ0n) is 14.9. The molecule has 3 aliphatic rings. The van der Waals surface area contributed by atoms with Crippen LogP contribution in [0.15, 0.2) is 35.3 Å². The maximum absolute atomic E-state index is 12.3. The lowest BCUT2D eigenvalue weighted by atomic mass is 9.73. The van der Waals surface area contributed by atoms with Crippen molar-refractivity contribution in [3.8, 4) is 0 Å². The number of aromatic nitrogens is 1. The van der Waals surface area contributed by atoms with Crippen LogP contribution in [0.2, 0.25) is 0 Å². The molecule has 0 aliphatic carbocycles. The van der Waals surface area contributed by atoms with Gasteiger partial charge < -0.3 is 15.0 Å². The highest BCUT2D eigenvalue weighted by Gasteiger charge is 2.62. The summed E-state index contributed by atoms with van der Waals surface area (Å²) in [6.45, 7) is 4.77. The van der Waals surface area contributed by atoms with Crippen LogP contribution in [-0.2, 0) is 4.74 Å². The third kappa shape index (κ3) is 2.47. The molecule has 3 aliphatic heterocycles. The Kier molecular flexibility index (Phi) is 3.79. The summed E-state index contributed by atoms with van der Waals surface area (Å²) in [6.07, 6.45) is 6.34. The predicted octanol–water partition coefficient (Wildman–Crippen LogP) is 2.87. The van der Waals surface area contributed by atoms with Gasteiger partial charge in [-0.25, -0.2) is 0 Å². The van der Waals surface area contributed by atoms with Gasteiger partial charge in [0, 0.05) is 60.5 Å². The van der Waals surface area contributed by atoms with E-state index in [0.717, 1.165) is 31.5 Å². The van der Waals surface area contributed by atoms with Crippen LogP contribution in [0.4, 0.5) is 5.69 Å². The Morgan fingerprint density at radius 1 is 1.50 bits per heavy atom. The number of amides is 1. The topological polar surface area (TPSA) is 54.5 Å². The first-order valence-corrected chi connectivity index (χ1v) is 10.2. The highest BCUT2D eigenvalue weighted by atomic mass is 32.1. The summed E-state index contributed by atoms with van der Waals surface area (Å²) in [5.41, 5.74) is 3.20. The van der Waals surface area contributed by atoms with E-state index in [2.05, 4.69) is 28.2 Å². The monoisotopic (exact) mass is 369 g/mol. The summed E-state index contributed by atoms with van der Waals surface area (Å²) in [6, 6.07) is 3.98. The standard InChI is InChI=1S/C20H23N3O2S/c1-13-8-21-6-3-17(13)23-10-16-15(18-2-5-20(16,12-23)25-18)9-22-19(24)14-4-7-26-11-14/h3-4,6-8,11,15-16,18H,2,5,9-10,12H2,1H3,(H,22,24)/t15-,16+,18+,20+/m0/s1. The van der Waals surface area contributed by atoms with Crippen LogP contribution in [0.25, 0.3) is 0 Å². The molecular weight excluding hydrogens is 346 g/mol. The van der Waals surface area contributed by atoms with Gasteiger partial charge in [-0.3, -0.25) is 9.78 Å². The van der Waals surface area contributed by atoms with Gasteiger partial charge in [0.25, 0.3) is 5.91 Å². The molecule has 6 heteroatoms. The summed E-state index contributed by atoms with van der Waals surface area (Å²) in [4.78, 5) is 19.0. The van der Waals surface area contributed by atoms with E-state index in [1.807, 2.05) is 29.2 Å². The molecule has 5 nitrogen and oxygen atoms in total. The fraction of sp³-hybridized carbons (Fsp3) is 0.500. The summed E-state index contributed by atoms with van der Waals surface area (Å²) < 4.78 is 6.50. The van der Waals surface area contributed by atoms with Gasteiger partial charge in [-0.2, -0.15) is 11.3 Å². The van der Waals surface area contributed by atoms with E-state index >= 15 is 0 Å². The fourth-order valence-corrected chi connectivity index (χ4v) is 5.81. The Bertz CT molecular complexity index is 824. The average molecular weight is 369 g/mol. The second kappa shape index (κ2) is 6.06. The lowest BCUT2D eigenvalue weighted by Crippen LogP contribution is -2.41. The third-order valence-corrected chi connectivity index (χ3v) is 7.08. The number of fused-ring (bicyclic) bond motifs is 1. The summed E-state index contributed by atoms with van der Waals surface area (Å²) in [5.74, 6) is 0.915. The molecule has 0 aromatic carbocycles. The van der Waals surface area contributed by atoms with Crippen molar-refractivity contribution in [2.75, 3.05) is 24.5 Å². The van der Waals surface area contributed by atoms with Crippen molar-refractivity contribution in [3.63, 3.8) is 0 Å². The molecule has 4 atom stereocenters. The molecule has 0 saturated carbocycles. The van der Waals surface area contributed by atoms with Gasteiger partial charge >= 0.3 is 0 Å². The van der Waals surface area contributed by atoms with Gasteiger partial charge in [-0.15, -0.1) is 0 Å². The molecule has 1 spiro atoms. The van der Waals surface area contributed by atoms with Crippen molar-refractivity contribution >= 4 is 22.9 Å². The largest absolute Gasteiger partial charge is 0.369 e. The molecule has 0 radical (unpaired) electrons. The van der Waals surface area contributed by atoms with Crippen LogP contribution in [0.3, 0.4) is 0 Å². The number of nitrogens with zero attached hydrogens (tertiary/aromatic N) is 2. The summed E-state index contributed by atoms with van der Waals surface area (Å²) in [7, 11) is 0. The second-order valence-corrected chi connectivity index (χ2v) is 8.57. The molecule has 2 aromatic heterocycles. The fourth-order valence-electron chi connectivity index (χ4n) is 5.17. The van der Waals surface area contributed by atoms with Crippen LogP contribution in [-0.4, -0.2) is 42.2 Å². The molecule has 1 N–H and O–H groups in total. The van der Waals surface area contributed by atoms with Gasteiger partial charge in [0.2, 0.25) is 0 Å². The van der Waals surface area contributed by atoms with Gasteiger partial charge in [0.05, 0.1) is 11.7 Å². The van der Waals surface area contributed by atoms with Gasteiger partial charge in [-0.1, -0.05) is 0 Å². The number of carbonyl (C=O) groups excluding carboxylic acids is 1. The Morgan fingerprint density at radius 3 is 3.23 bits per heavy atom. The number of anilines is 1. The molecule has 26 heavy (non-hydrogen) atoms. The SMILES string of the molecule is Cc1cnccc1N1C[C@@H]2[C@H](CNC(=O)c3ccsc3)[C@H]3CC[C@]2(C1)O3. The van der Waals surface area contributed by atoms with Crippen LogP contribution in [0.1, 0.15) is 28.8 Å². The van der Waals surface area contributed by atoms with E-state index in [-0.39, 0.29) is 11.5 Å². The number of hydrogen-bond acceptors (Lipinski definition) is 5. The molecule has 3 fully saturated rings. The predicted molar refractivity (Wildman–Crippen MR) is 102 cm³/mol. The van der Waals surface area contributed by atoms with E-state index in [4.69, 9.17) is 4.74 Å². The molecule has 1 amide bonds. The first-order chi connectivity index (χ1) is 12.7. The van der Waals surface area contributed by atoms with E-state index in [1.165, 1.54) is 11.3 Å². The number of thiophene rings is 1. The Labute approximate surface area is 157 Å². The van der Waals surface area contributed by atoms with Gasteiger partial charge in [0.1, 0.15) is 0 Å². The normalized spacial score (nSPS) is 32.0. The van der Waals surface area contributed by atoms with Crippen LogP contribution < -0.4 is 10.2 Å². The number of pyridine rings is 1. The van der Waals surface area contributed by atoms with Crippen LogP contribution >= 0.6 is 11.3 Å². The third-order valence-electron chi connectivity index (χ3n) is 6.40. The number of aryl methyl sites for hydroxylation is 1. The van der Waals surface area contributed by atoms with Crippen molar-refractivity contribution in [2.45, 2.75) is 31.5 Å². The average Bonchev–Trinajstić information content (AvgIpc) is 3.40. The highest BCUT2D eigenvalue weighted by molar-refractivity contribution is 7.08. The summed E-state index contributed by atoms with van der Waals surface area (Å²) in [5, 5.41) is 6.99. The Balaban J connectivity index is 1.32. The minimum Gasteiger partial charge on any atom is -0.369 e. The van der Waals surface area contributed by atoms with Crippen molar-refractivity contribution in [2.24, 2.45) is 11.8 Å². The Hall–Kier alpha value is -1.92. The molecular formula is C20H23N3O2S. The van der Waals surface area contributed by atoms with E-state index in [9.17, 15) is 4.79 Å². The number of hydrogen-bond donors (Lipinski definition) is 1. The summed E-state index contributed by atoms with van der Waals surface area (Å²) >= 11 is 1.55. The first-order valence-electron chi connectivity index (χ1n) is 9.30. The zero-order valence-corrected chi connectivity index (χ0v) is 15.7. The lowest BCUT2D eigenvalue weighted by molar-refractivity contribution is 0.0141. The van der Waals surface area contributed by atoms with E-state index < -0.39 is 0 Å². The van der Waals surface area contributed by atoms with Gasteiger partial charge in [-0.05, 0) is 42.8 Å². The van der Waals surface area contributed by atoms with Crippen LogP contribution in [0, 0.1) is 18.8 Å². The smallest absolute Gasteiger partial charge is 0.252 e. The maximum atomic E-state index is 12.3. The second-order valence-electron chi connectivity index (χ2n) is 7.79. The molecule has 5 heterocycles. The molecule has 2 bridgehead atoms. The van der Waals surface area contributed by atoms with Crippen molar-refractivity contribution in [1.82, 2.24) is 10.3 Å². The van der Waals surface area contributed by atoms with Crippen molar-refractivity contribution in [1.29, 1.82) is 0 Å². The highest BCUT2D eigenvalue weighted by Crippen LogP contribution is 2.55. The number of nitrogens with one attached hydrogen (secondary N) is 1. The molecule has 5 rings (SSSR count). The zero-order chi connectivity index (χ0) is 17.7. The van der Waals surface area contributed by atoms with Gasteiger partial charge in [0.15, 0.2) is 0 Å². The molecule has 136 valence electrons. The Morgan fingerprint density at radius 2 is 2.42 bits per heavy atom. The minimum atomic E-state index is -0.0296. The van der Waals surface area contributed by atoms with E-state index in [1.54, 1.807) is 11.3 Å². The minimum absolute atomic E-state index is 0.0296. The first kappa shape index (κ1) is 16.3. The molecule has 2 aromatic rings. The molecule has 0 unspecified atom stereocenters. The maximum Gasteiger partial charge on any atom is 0.252 e.